The van der Waals surface area contributed by atoms with E-state index in [1.165, 1.54) is 51.7 Å². The van der Waals surface area contributed by atoms with E-state index >= 15 is 0 Å². The minimum atomic E-state index is 0.723. The average molecular weight is 290 g/mol. The largest absolute Gasteiger partial charge is 0.494 e. The van der Waals surface area contributed by atoms with Gasteiger partial charge in [-0.1, -0.05) is 6.42 Å². The molecule has 5 nitrogen and oxygen atoms in total. The second-order valence-electron chi connectivity index (χ2n) is 6.24. The molecular weight excluding hydrogens is 264 g/mol. The number of piperidine rings is 2. The van der Waals surface area contributed by atoms with E-state index in [0.29, 0.717) is 0 Å². The van der Waals surface area contributed by atoms with Gasteiger partial charge in [-0.15, -0.1) is 0 Å². The molecule has 0 N–H and O–H groups in total. The first kappa shape index (κ1) is 14.6. The molecule has 1 aromatic heterocycles. The van der Waals surface area contributed by atoms with E-state index in [1.54, 1.807) is 19.5 Å². The highest BCUT2D eigenvalue weighted by atomic mass is 16.5. The molecule has 0 radical (unpaired) electrons. The molecule has 21 heavy (non-hydrogen) atoms. The van der Waals surface area contributed by atoms with Crippen LogP contribution in [0.15, 0.2) is 12.4 Å². The maximum Gasteiger partial charge on any atom is 0.225 e. The molecule has 1 atom stereocenters. The zero-order chi connectivity index (χ0) is 14.5. The van der Waals surface area contributed by atoms with Gasteiger partial charge in [-0.25, -0.2) is 9.97 Å². The molecule has 0 aromatic carbocycles. The summed E-state index contributed by atoms with van der Waals surface area (Å²) in [6, 6.07) is 0. The van der Waals surface area contributed by atoms with Crippen molar-refractivity contribution in [3.8, 4) is 5.75 Å². The maximum atomic E-state index is 5.13. The fraction of sp³-hybridized carbons (Fsp3) is 0.750. The SMILES string of the molecule is COc1cnc(N2CCC[C@@H](CN3CCCCC3)C2)nc1. The van der Waals surface area contributed by atoms with Crippen LogP contribution in [0.2, 0.25) is 0 Å². The van der Waals surface area contributed by atoms with Crippen LogP contribution in [0.25, 0.3) is 0 Å². The Morgan fingerprint density at radius 2 is 1.86 bits per heavy atom. The highest BCUT2D eigenvalue weighted by Gasteiger charge is 2.24. The third kappa shape index (κ3) is 3.84. The average Bonchev–Trinajstić information content (AvgIpc) is 2.56. The van der Waals surface area contributed by atoms with Gasteiger partial charge < -0.3 is 14.5 Å². The Kier molecular flexibility index (Phi) is 4.91. The zero-order valence-corrected chi connectivity index (χ0v) is 13.0. The molecule has 116 valence electrons. The Morgan fingerprint density at radius 1 is 1.10 bits per heavy atom. The molecule has 3 rings (SSSR count). The quantitative estimate of drug-likeness (QED) is 0.850. The van der Waals surface area contributed by atoms with Crippen LogP contribution < -0.4 is 9.64 Å². The number of rotatable bonds is 4. The zero-order valence-electron chi connectivity index (χ0n) is 13.0. The normalized spacial score (nSPS) is 24.0. The van der Waals surface area contributed by atoms with Crippen molar-refractivity contribution in [1.82, 2.24) is 14.9 Å². The molecule has 0 spiro atoms. The van der Waals surface area contributed by atoms with E-state index < -0.39 is 0 Å². The van der Waals surface area contributed by atoms with Crippen molar-refractivity contribution in [1.29, 1.82) is 0 Å². The minimum Gasteiger partial charge on any atom is -0.494 e. The Balaban J connectivity index is 1.56. The fourth-order valence-electron chi connectivity index (χ4n) is 3.48. The first-order chi connectivity index (χ1) is 10.3. The van der Waals surface area contributed by atoms with E-state index in [-0.39, 0.29) is 0 Å². The number of methoxy groups -OCH3 is 1. The van der Waals surface area contributed by atoms with E-state index in [9.17, 15) is 0 Å². The predicted octanol–water partition coefficient (Wildman–Crippen LogP) is 2.19. The molecule has 5 heteroatoms. The Bertz CT molecular complexity index is 430. The number of likely N-dealkylation sites (tertiary alicyclic amines) is 1. The van der Waals surface area contributed by atoms with Crippen molar-refractivity contribution >= 4 is 5.95 Å². The molecule has 0 saturated carbocycles. The van der Waals surface area contributed by atoms with Crippen LogP contribution in [0.3, 0.4) is 0 Å². The van der Waals surface area contributed by atoms with Crippen LogP contribution in [-0.4, -0.2) is 54.7 Å². The lowest BCUT2D eigenvalue weighted by Gasteiger charge is -2.36. The number of nitrogens with zero attached hydrogens (tertiary/aromatic N) is 4. The van der Waals surface area contributed by atoms with Gasteiger partial charge in [0.1, 0.15) is 0 Å². The molecule has 0 bridgehead atoms. The van der Waals surface area contributed by atoms with Crippen molar-refractivity contribution in [3.63, 3.8) is 0 Å². The summed E-state index contributed by atoms with van der Waals surface area (Å²) in [4.78, 5) is 13.8. The molecule has 2 saturated heterocycles. The van der Waals surface area contributed by atoms with Gasteiger partial charge >= 0.3 is 0 Å². The lowest BCUT2D eigenvalue weighted by molar-refractivity contribution is 0.185. The van der Waals surface area contributed by atoms with Crippen LogP contribution >= 0.6 is 0 Å². The van der Waals surface area contributed by atoms with E-state index in [4.69, 9.17) is 4.74 Å². The van der Waals surface area contributed by atoms with Gasteiger partial charge in [0.25, 0.3) is 0 Å². The topological polar surface area (TPSA) is 41.5 Å². The third-order valence-electron chi connectivity index (χ3n) is 4.62. The number of hydrogen-bond acceptors (Lipinski definition) is 5. The van der Waals surface area contributed by atoms with E-state index in [2.05, 4.69) is 19.8 Å². The molecule has 3 heterocycles. The predicted molar refractivity (Wildman–Crippen MR) is 83.8 cm³/mol. The van der Waals surface area contributed by atoms with Crippen molar-refractivity contribution in [2.24, 2.45) is 5.92 Å². The summed E-state index contributed by atoms with van der Waals surface area (Å²) in [5.41, 5.74) is 0. The van der Waals surface area contributed by atoms with Gasteiger partial charge in [0.2, 0.25) is 5.95 Å². The number of hydrogen-bond donors (Lipinski definition) is 0. The van der Waals surface area contributed by atoms with E-state index in [0.717, 1.165) is 30.7 Å². The molecule has 0 aliphatic carbocycles. The highest BCUT2D eigenvalue weighted by Crippen LogP contribution is 2.23. The number of ether oxygens (including phenoxy) is 1. The summed E-state index contributed by atoms with van der Waals surface area (Å²) in [5.74, 6) is 2.32. The highest BCUT2D eigenvalue weighted by molar-refractivity contribution is 5.32. The van der Waals surface area contributed by atoms with Crippen LogP contribution in [0.4, 0.5) is 5.95 Å². The van der Waals surface area contributed by atoms with Gasteiger partial charge in [0.15, 0.2) is 5.75 Å². The smallest absolute Gasteiger partial charge is 0.225 e. The fourth-order valence-corrected chi connectivity index (χ4v) is 3.48. The monoisotopic (exact) mass is 290 g/mol. The summed E-state index contributed by atoms with van der Waals surface area (Å²) in [5, 5.41) is 0. The van der Waals surface area contributed by atoms with Crippen LogP contribution in [0, 0.1) is 5.92 Å². The van der Waals surface area contributed by atoms with Gasteiger partial charge in [0.05, 0.1) is 19.5 Å². The lowest BCUT2D eigenvalue weighted by Crippen LogP contribution is -2.43. The second kappa shape index (κ2) is 7.07. The van der Waals surface area contributed by atoms with Crippen molar-refractivity contribution in [3.05, 3.63) is 12.4 Å². The van der Waals surface area contributed by atoms with Crippen LogP contribution in [-0.2, 0) is 0 Å². The molecule has 2 aliphatic heterocycles. The molecule has 0 amide bonds. The minimum absolute atomic E-state index is 0.723. The summed E-state index contributed by atoms with van der Waals surface area (Å²) in [6.07, 6.45) is 10.3. The van der Waals surface area contributed by atoms with Crippen molar-refractivity contribution in [2.45, 2.75) is 32.1 Å². The number of aromatic nitrogens is 2. The van der Waals surface area contributed by atoms with Gasteiger partial charge in [0, 0.05) is 19.6 Å². The third-order valence-corrected chi connectivity index (χ3v) is 4.62. The first-order valence-electron chi connectivity index (χ1n) is 8.18. The number of anilines is 1. The van der Waals surface area contributed by atoms with Crippen LogP contribution in [0.1, 0.15) is 32.1 Å². The van der Waals surface area contributed by atoms with Gasteiger partial charge in [-0.05, 0) is 44.7 Å². The van der Waals surface area contributed by atoms with Crippen molar-refractivity contribution < 1.29 is 4.74 Å². The second-order valence-corrected chi connectivity index (χ2v) is 6.24. The van der Waals surface area contributed by atoms with Gasteiger partial charge in [-0.3, -0.25) is 0 Å². The molecule has 0 unspecified atom stereocenters. The maximum absolute atomic E-state index is 5.13. The summed E-state index contributed by atoms with van der Waals surface area (Å²) >= 11 is 0. The Labute approximate surface area is 127 Å². The van der Waals surface area contributed by atoms with Gasteiger partial charge in [-0.2, -0.15) is 0 Å². The summed E-state index contributed by atoms with van der Waals surface area (Å²) in [6.45, 7) is 5.98. The van der Waals surface area contributed by atoms with Crippen molar-refractivity contribution in [2.75, 3.05) is 44.7 Å². The molecule has 2 fully saturated rings. The standard InChI is InChI=1S/C16H26N4O/c1-21-15-10-17-16(18-11-15)20-9-5-6-14(13-20)12-19-7-3-2-4-8-19/h10-11,14H,2-9,12-13H2,1H3/t14-/m0/s1. The molecule has 2 aliphatic rings. The lowest BCUT2D eigenvalue weighted by atomic mass is 9.96. The Hall–Kier alpha value is -1.36. The molecule has 1 aromatic rings. The summed E-state index contributed by atoms with van der Waals surface area (Å²) in [7, 11) is 1.65. The summed E-state index contributed by atoms with van der Waals surface area (Å²) < 4.78 is 5.13. The Morgan fingerprint density at radius 3 is 2.57 bits per heavy atom. The first-order valence-corrected chi connectivity index (χ1v) is 8.18. The van der Waals surface area contributed by atoms with E-state index in [1.807, 2.05) is 0 Å². The molecular formula is C16H26N4O. The van der Waals surface area contributed by atoms with Crippen LogP contribution in [0.5, 0.6) is 5.75 Å².